The van der Waals surface area contributed by atoms with Crippen molar-refractivity contribution < 1.29 is 18.1 Å². The van der Waals surface area contributed by atoms with E-state index >= 15 is 0 Å². The molecule has 0 spiro atoms. The van der Waals surface area contributed by atoms with Crippen molar-refractivity contribution in [2.75, 3.05) is 0 Å². The summed E-state index contributed by atoms with van der Waals surface area (Å²) in [6, 6.07) is 9.35. The number of fused-ring (bicyclic) bond motifs is 3. The van der Waals surface area contributed by atoms with Crippen molar-refractivity contribution in [1.29, 1.82) is 0 Å². The van der Waals surface area contributed by atoms with Crippen molar-refractivity contribution in [2.24, 2.45) is 0 Å². The Labute approximate surface area is 110 Å². The van der Waals surface area contributed by atoms with Gasteiger partial charge in [-0.2, -0.15) is 4.57 Å². The van der Waals surface area contributed by atoms with Crippen molar-refractivity contribution in [2.45, 2.75) is 13.8 Å². The zero-order chi connectivity index (χ0) is 13.2. The lowest BCUT2D eigenvalue weighted by Gasteiger charge is -2.16. The molecule has 0 saturated heterocycles. The largest absolute Gasteiger partial charge is 0.647 e. The van der Waals surface area contributed by atoms with Crippen molar-refractivity contribution in [1.82, 2.24) is 0 Å². The first-order chi connectivity index (χ1) is 9.07. The molecule has 96 valence electrons. The van der Waals surface area contributed by atoms with Gasteiger partial charge in [-0.1, -0.05) is 18.2 Å². The molecule has 1 atom stereocenters. The third-order valence-corrected chi connectivity index (χ3v) is 4.68. The molecule has 5 heteroatoms. The number of hydrogen-bond donors (Lipinski definition) is 0. The minimum absolute atomic E-state index is 0.484. The normalized spacial score (nSPS) is 21.8. The average Bonchev–Trinajstić information content (AvgIpc) is 2.59. The van der Waals surface area contributed by atoms with E-state index in [-0.39, 0.29) is 0 Å². The van der Waals surface area contributed by atoms with Gasteiger partial charge in [0.15, 0.2) is 11.5 Å². The minimum atomic E-state index is -3.57. The van der Waals surface area contributed by atoms with Gasteiger partial charge < -0.3 is 13.6 Å². The highest BCUT2D eigenvalue weighted by Crippen LogP contribution is 2.65. The van der Waals surface area contributed by atoms with Crippen LogP contribution in [0.2, 0.25) is 0 Å². The fraction of sp³-hybridized carbons (Fsp3) is 0.143. The van der Waals surface area contributed by atoms with Crippen LogP contribution in [0.15, 0.2) is 30.3 Å². The SMILES string of the molecule is Cc1cccc2c1-c1c(C)ccc3c1OP(=O)(O3)O2. The Bertz CT molecular complexity index is 766. The van der Waals surface area contributed by atoms with Crippen molar-refractivity contribution in [3.8, 4) is 28.4 Å². The molecule has 1 unspecified atom stereocenters. The second-order valence-electron chi connectivity index (χ2n) is 4.75. The molecule has 2 aliphatic heterocycles. The van der Waals surface area contributed by atoms with Crippen LogP contribution in [-0.2, 0) is 4.57 Å². The first-order valence-corrected chi connectivity index (χ1v) is 7.46. The Morgan fingerprint density at radius 3 is 2.42 bits per heavy atom. The smallest absolute Gasteiger partial charge is 0.385 e. The summed E-state index contributed by atoms with van der Waals surface area (Å²) in [5, 5.41) is 0. The first kappa shape index (κ1) is 10.9. The molecule has 0 N–H and O–H groups in total. The summed E-state index contributed by atoms with van der Waals surface area (Å²) in [6.07, 6.45) is 0. The van der Waals surface area contributed by atoms with E-state index < -0.39 is 7.82 Å². The lowest BCUT2D eigenvalue weighted by atomic mass is 9.94. The van der Waals surface area contributed by atoms with Crippen LogP contribution < -0.4 is 13.6 Å². The van der Waals surface area contributed by atoms with Gasteiger partial charge in [0.1, 0.15) is 5.75 Å². The molecular formula is C14H11O4P. The van der Waals surface area contributed by atoms with E-state index in [9.17, 15) is 4.57 Å². The molecule has 2 aromatic rings. The Hall–Kier alpha value is -1.93. The Morgan fingerprint density at radius 1 is 0.842 bits per heavy atom. The van der Waals surface area contributed by atoms with Gasteiger partial charge >= 0.3 is 7.82 Å². The molecule has 0 aromatic heterocycles. The van der Waals surface area contributed by atoms with Crippen LogP contribution in [0, 0.1) is 13.8 Å². The van der Waals surface area contributed by atoms with Crippen molar-refractivity contribution in [3.05, 3.63) is 41.5 Å². The van der Waals surface area contributed by atoms with Gasteiger partial charge in [0.05, 0.1) is 0 Å². The van der Waals surface area contributed by atoms with Gasteiger partial charge in [-0.3, -0.25) is 0 Å². The second kappa shape index (κ2) is 3.34. The second-order valence-corrected chi connectivity index (χ2v) is 6.20. The number of hydrogen-bond acceptors (Lipinski definition) is 4. The van der Waals surface area contributed by atoms with Crippen LogP contribution >= 0.6 is 7.82 Å². The monoisotopic (exact) mass is 274 g/mol. The lowest BCUT2D eigenvalue weighted by molar-refractivity contribution is 0.334. The van der Waals surface area contributed by atoms with Gasteiger partial charge in [-0.05, 0) is 37.1 Å². The number of rotatable bonds is 0. The summed E-state index contributed by atoms with van der Waals surface area (Å²) in [5.41, 5.74) is 3.92. The van der Waals surface area contributed by atoms with E-state index in [1.165, 1.54) is 0 Å². The predicted molar refractivity (Wildman–Crippen MR) is 70.8 cm³/mol. The summed E-state index contributed by atoms with van der Waals surface area (Å²) in [7, 11) is -3.57. The summed E-state index contributed by atoms with van der Waals surface area (Å²) in [4.78, 5) is 0. The van der Waals surface area contributed by atoms with Crippen LogP contribution in [-0.4, -0.2) is 0 Å². The molecule has 2 heterocycles. The molecule has 19 heavy (non-hydrogen) atoms. The van der Waals surface area contributed by atoms with Crippen LogP contribution in [0.25, 0.3) is 11.1 Å². The van der Waals surface area contributed by atoms with E-state index in [0.29, 0.717) is 17.2 Å². The van der Waals surface area contributed by atoms with Crippen LogP contribution in [0.5, 0.6) is 17.2 Å². The van der Waals surface area contributed by atoms with E-state index in [1.807, 2.05) is 32.0 Å². The number of aryl methyl sites for hydroxylation is 2. The fourth-order valence-electron chi connectivity index (χ4n) is 2.58. The molecule has 2 aromatic carbocycles. The maximum absolute atomic E-state index is 12.4. The van der Waals surface area contributed by atoms with E-state index in [2.05, 4.69) is 0 Å². The number of phosphoric acid groups is 1. The van der Waals surface area contributed by atoms with Crippen LogP contribution in [0.1, 0.15) is 11.1 Å². The molecule has 0 fully saturated rings. The lowest BCUT2D eigenvalue weighted by Crippen LogP contribution is -2.00. The van der Waals surface area contributed by atoms with Crippen molar-refractivity contribution >= 4 is 7.82 Å². The maximum Gasteiger partial charge on any atom is 0.647 e. The molecule has 2 bridgehead atoms. The molecule has 4 nitrogen and oxygen atoms in total. The van der Waals surface area contributed by atoms with Gasteiger partial charge in [-0.15, -0.1) is 0 Å². The quantitative estimate of drug-likeness (QED) is 0.674. The highest BCUT2D eigenvalue weighted by molar-refractivity contribution is 7.50. The third-order valence-electron chi connectivity index (χ3n) is 3.44. The summed E-state index contributed by atoms with van der Waals surface area (Å²) < 4.78 is 28.7. The Morgan fingerprint density at radius 2 is 1.58 bits per heavy atom. The molecule has 0 radical (unpaired) electrons. The summed E-state index contributed by atoms with van der Waals surface area (Å²) in [5.74, 6) is 1.55. The zero-order valence-corrected chi connectivity index (χ0v) is 11.4. The minimum Gasteiger partial charge on any atom is -0.385 e. The highest BCUT2D eigenvalue weighted by atomic mass is 31.2. The van der Waals surface area contributed by atoms with Gasteiger partial charge in [0.25, 0.3) is 0 Å². The third kappa shape index (κ3) is 1.38. The topological polar surface area (TPSA) is 44.8 Å². The summed E-state index contributed by atoms with van der Waals surface area (Å²) in [6.45, 7) is 3.99. The predicted octanol–water partition coefficient (Wildman–Crippen LogP) is 4.24. The standard InChI is InChI=1S/C14H11O4P/c1-8-4-3-5-10-12(8)13-9(2)6-7-11-14(13)18-19(15,16-10)17-11/h3-7H,1-2H3. The molecule has 2 aliphatic rings. The average molecular weight is 274 g/mol. The molecule has 0 amide bonds. The number of benzene rings is 2. The van der Waals surface area contributed by atoms with Crippen LogP contribution in [0.3, 0.4) is 0 Å². The Balaban J connectivity index is 2.19. The fourth-order valence-corrected chi connectivity index (χ4v) is 3.88. The molecule has 0 aliphatic carbocycles. The van der Waals surface area contributed by atoms with E-state index in [1.54, 1.807) is 12.1 Å². The van der Waals surface area contributed by atoms with E-state index in [0.717, 1.165) is 22.3 Å². The van der Waals surface area contributed by atoms with Gasteiger partial charge in [0.2, 0.25) is 0 Å². The highest BCUT2D eigenvalue weighted by Gasteiger charge is 2.46. The molecular weight excluding hydrogens is 263 g/mol. The van der Waals surface area contributed by atoms with Gasteiger partial charge in [0, 0.05) is 11.1 Å². The van der Waals surface area contributed by atoms with Crippen molar-refractivity contribution in [3.63, 3.8) is 0 Å². The van der Waals surface area contributed by atoms with E-state index in [4.69, 9.17) is 13.6 Å². The Kier molecular flexibility index (Phi) is 1.92. The summed E-state index contributed by atoms with van der Waals surface area (Å²) >= 11 is 0. The molecule has 4 rings (SSSR count). The first-order valence-electron chi connectivity index (χ1n) is 6.00. The zero-order valence-electron chi connectivity index (χ0n) is 10.5. The maximum atomic E-state index is 12.4. The number of phosphoric ester groups is 1. The van der Waals surface area contributed by atoms with Crippen LogP contribution in [0.4, 0.5) is 0 Å². The molecule has 0 saturated carbocycles. The van der Waals surface area contributed by atoms with Gasteiger partial charge in [-0.25, -0.2) is 0 Å².